The molecule has 3 atom stereocenters. The third kappa shape index (κ3) is 7.10. The van der Waals surface area contributed by atoms with E-state index in [0.717, 1.165) is 11.1 Å². The number of aryl methyl sites for hydroxylation is 1. The molecule has 1 amide bonds. The molecule has 1 aliphatic rings. The van der Waals surface area contributed by atoms with Gasteiger partial charge < -0.3 is 19.8 Å². The Labute approximate surface area is 246 Å². The first-order chi connectivity index (χ1) is 19.9. The number of carboxylic acids is 1. The standard InChI is InChI=1S/C31H37N3O7S/c1-20-8-14-25(15-9-20)42(39,40)32-27-7-5-6-26-29(27)41-28(21(2)16-34(30(26)36)22(3)19-35)18-33(4)17-23-10-12-24(13-11-23)31(37)38/h5-15,21-22,28,32,35H,16-19H2,1-4H3,(H,37,38)/t21-,22-,28+/m1/s1. The Balaban J connectivity index is 1.67. The fraction of sp³-hybridized carbons (Fsp3) is 0.355. The molecule has 0 saturated carbocycles. The van der Waals surface area contributed by atoms with Crippen molar-refractivity contribution in [3.63, 3.8) is 0 Å². The third-order valence-corrected chi connectivity index (χ3v) is 8.79. The number of benzene rings is 3. The van der Waals surface area contributed by atoms with Gasteiger partial charge in [-0.05, 0) is 62.9 Å². The Morgan fingerprint density at radius 2 is 1.79 bits per heavy atom. The molecule has 4 rings (SSSR count). The van der Waals surface area contributed by atoms with E-state index in [1.807, 2.05) is 25.8 Å². The van der Waals surface area contributed by atoms with Gasteiger partial charge in [-0.3, -0.25) is 14.4 Å². The first kappa shape index (κ1) is 31.0. The second-order valence-electron chi connectivity index (χ2n) is 10.9. The highest BCUT2D eigenvalue weighted by atomic mass is 32.2. The van der Waals surface area contributed by atoms with Crippen molar-refractivity contribution < 1.29 is 33.0 Å². The van der Waals surface area contributed by atoms with Gasteiger partial charge in [0.25, 0.3) is 15.9 Å². The molecule has 3 aromatic carbocycles. The minimum absolute atomic E-state index is 0.0805. The summed E-state index contributed by atoms with van der Waals surface area (Å²) in [7, 11) is -2.08. The molecular weight excluding hydrogens is 558 g/mol. The van der Waals surface area contributed by atoms with Crippen molar-refractivity contribution in [3.8, 4) is 5.75 Å². The number of hydrogen-bond acceptors (Lipinski definition) is 7. The highest BCUT2D eigenvalue weighted by Crippen LogP contribution is 2.36. The second kappa shape index (κ2) is 12.9. The number of likely N-dealkylation sites (N-methyl/N-ethyl adjacent to an activating group) is 1. The number of rotatable bonds is 10. The van der Waals surface area contributed by atoms with Crippen LogP contribution in [-0.2, 0) is 16.6 Å². The molecule has 0 fully saturated rings. The lowest BCUT2D eigenvalue weighted by atomic mass is 9.99. The Hall–Kier alpha value is -3.93. The summed E-state index contributed by atoms with van der Waals surface area (Å²) in [4.78, 5) is 28.6. The van der Waals surface area contributed by atoms with Gasteiger partial charge in [-0.2, -0.15) is 0 Å². The second-order valence-corrected chi connectivity index (χ2v) is 12.6. The number of fused-ring (bicyclic) bond motifs is 1. The van der Waals surface area contributed by atoms with Crippen LogP contribution in [0.5, 0.6) is 5.75 Å². The summed E-state index contributed by atoms with van der Waals surface area (Å²) in [6.45, 7) is 6.61. The molecule has 224 valence electrons. The van der Waals surface area contributed by atoms with E-state index in [1.165, 1.54) is 12.1 Å². The molecule has 0 saturated heterocycles. The zero-order valence-corrected chi connectivity index (χ0v) is 25.0. The SMILES string of the molecule is Cc1ccc(S(=O)(=O)Nc2cccc3c2O[C@@H](CN(C)Cc2ccc(C(=O)O)cc2)[C@H](C)CN([C@H](C)CO)C3=O)cc1. The van der Waals surface area contributed by atoms with Crippen LogP contribution in [0.25, 0.3) is 0 Å². The molecule has 11 heteroatoms. The topological polar surface area (TPSA) is 136 Å². The molecule has 1 heterocycles. The fourth-order valence-electron chi connectivity index (χ4n) is 4.90. The Bertz CT molecular complexity index is 1530. The number of anilines is 1. The Kier molecular flexibility index (Phi) is 9.55. The molecule has 0 aromatic heterocycles. The van der Waals surface area contributed by atoms with Crippen molar-refractivity contribution >= 4 is 27.6 Å². The lowest BCUT2D eigenvalue weighted by Crippen LogP contribution is -2.49. The van der Waals surface area contributed by atoms with Gasteiger partial charge in [-0.1, -0.05) is 42.8 Å². The van der Waals surface area contributed by atoms with Crippen LogP contribution in [-0.4, -0.2) is 79.2 Å². The molecule has 0 spiro atoms. The van der Waals surface area contributed by atoms with Crippen molar-refractivity contribution in [1.29, 1.82) is 0 Å². The van der Waals surface area contributed by atoms with E-state index in [1.54, 1.807) is 66.4 Å². The van der Waals surface area contributed by atoms with Gasteiger partial charge in [-0.25, -0.2) is 13.2 Å². The molecule has 0 bridgehead atoms. The lowest BCUT2D eigenvalue weighted by molar-refractivity contribution is 0.0343. The zero-order valence-electron chi connectivity index (χ0n) is 24.1. The number of nitrogens with zero attached hydrogens (tertiary/aromatic N) is 2. The molecule has 42 heavy (non-hydrogen) atoms. The van der Waals surface area contributed by atoms with Crippen molar-refractivity contribution in [2.24, 2.45) is 5.92 Å². The van der Waals surface area contributed by atoms with Crippen LogP contribution in [0, 0.1) is 12.8 Å². The predicted octanol–water partition coefficient (Wildman–Crippen LogP) is 3.85. The summed E-state index contributed by atoms with van der Waals surface area (Å²) in [5.74, 6) is -1.41. The van der Waals surface area contributed by atoms with Crippen LogP contribution in [0.3, 0.4) is 0 Å². The van der Waals surface area contributed by atoms with Gasteiger partial charge in [0.05, 0.1) is 34.4 Å². The van der Waals surface area contributed by atoms with E-state index in [4.69, 9.17) is 4.74 Å². The van der Waals surface area contributed by atoms with Gasteiger partial charge >= 0.3 is 5.97 Å². The van der Waals surface area contributed by atoms with Crippen molar-refractivity contribution in [3.05, 3.63) is 89.0 Å². The number of nitrogens with one attached hydrogen (secondary N) is 1. The van der Waals surface area contributed by atoms with Gasteiger partial charge in [0.1, 0.15) is 6.10 Å². The first-order valence-corrected chi connectivity index (χ1v) is 15.2. The number of carboxylic acid groups (broad SMARTS) is 1. The number of aromatic carboxylic acids is 1. The summed E-state index contributed by atoms with van der Waals surface area (Å²) >= 11 is 0. The minimum atomic E-state index is -3.99. The fourth-order valence-corrected chi connectivity index (χ4v) is 5.96. The predicted molar refractivity (Wildman–Crippen MR) is 159 cm³/mol. The van der Waals surface area contributed by atoms with Gasteiger partial charge in [0.2, 0.25) is 0 Å². The van der Waals surface area contributed by atoms with Crippen LogP contribution in [0.4, 0.5) is 5.69 Å². The van der Waals surface area contributed by atoms with Crippen molar-refractivity contribution in [2.45, 2.75) is 44.4 Å². The largest absolute Gasteiger partial charge is 0.486 e. The average molecular weight is 596 g/mol. The van der Waals surface area contributed by atoms with Crippen molar-refractivity contribution in [2.75, 3.05) is 31.5 Å². The lowest BCUT2D eigenvalue weighted by Gasteiger charge is -2.38. The monoisotopic (exact) mass is 595 g/mol. The molecule has 0 unspecified atom stereocenters. The van der Waals surface area contributed by atoms with E-state index in [2.05, 4.69) is 4.72 Å². The van der Waals surface area contributed by atoms with Crippen molar-refractivity contribution in [1.82, 2.24) is 9.80 Å². The average Bonchev–Trinajstić information content (AvgIpc) is 2.95. The summed E-state index contributed by atoms with van der Waals surface area (Å²) in [6.07, 6.45) is -0.460. The number of aliphatic hydroxyl groups excluding tert-OH is 1. The summed E-state index contributed by atoms with van der Waals surface area (Å²) in [5.41, 5.74) is 2.38. The van der Waals surface area contributed by atoms with Crippen LogP contribution < -0.4 is 9.46 Å². The number of carbonyl (C=O) groups is 2. The molecule has 10 nitrogen and oxygen atoms in total. The number of amides is 1. The summed E-state index contributed by atoms with van der Waals surface area (Å²) in [5, 5.41) is 19.1. The van der Waals surface area contributed by atoms with Gasteiger partial charge in [-0.15, -0.1) is 0 Å². The Morgan fingerprint density at radius 1 is 1.12 bits per heavy atom. The van der Waals surface area contributed by atoms with E-state index in [-0.39, 0.29) is 45.9 Å². The van der Waals surface area contributed by atoms with Crippen LogP contribution in [0.1, 0.15) is 45.7 Å². The number of para-hydroxylation sites is 1. The number of ether oxygens (including phenoxy) is 1. The quantitative estimate of drug-likeness (QED) is 0.322. The molecule has 1 aliphatic heterocycles. The molecule has 3 aromatic rings. The number of carbonyl (C=O) groups excluding carboxylic acids is 1. The smallest absolute Gasteiger partial charge is 0.335 e. The number of hydrogen-bond donors (Lipinski definition) is 3. The maximum absolute atomic E-state index is 13.7. The van der Waals surface area contributed by atoms with E-state index in [9.17, 15) is 28.2 Å². The van der Waals surface area contributed by atoms with Crippen LogP contribution >= 0.6 is 0 Å². The third-order valence-electron chi connectivity index (χ3n) is 7.41. The Morgan fingerprint density at radius 3 is 2.40 bits per heavy atom. The van der Waals surface area contributed by atoms with Gasteiger partial charge in [0.15, 0.2) is 5.75 Å². The molecular formula is C31H37N3O7S. The van der Waals surface area contributed by atoms with Crippen LogP contribution in [0.2, 0.25) is 0 Å². The van der Waals surface area contributed by atoms with E-state index >= 15 is 0 Å². The highest BCUT2D eigenvalue weighted by Gasteiger charge is 2.35. The normalized spacial score (nSPS) is 18.0. The maximum atomic E-state index is 13.7. The minimum Gasteiger partial charge on any atom is -0.486 e. The van der Waals surface area contributed by atoms with E-state index < -0.39 is 28.1 Å². The zero-order chi connectivity index (χ0) is 30.6. The maximum Gasteiger partial charge on any atom is 0.335 e. The summed E-state index contributed by atoms with van der Waals surface area (Å²) in [6, 6.07) is 17.4. The molecule has 3 N–H and O–H groups in total. The highest BCUT2D eigenvalue weighted by molar-refractivity contribution is 7.92. The molecule has 0 aliphatic carbocycles. The summed E-state index contributed by atoms with van der Waals surface area (Å²) < 4.78 is 35.7. The van der Waals surface area contributed by atoms with E-state index in [0.29, 0.717) is 19.6 Å². The first-order valence-electron chi connectivity index (χ1n) is 13.7. The van der Waals surface area contributed by atoms with Gasteiger partial charge in [0, 0.05) is 25.6 Å². The molecule has 0 radical (unpaired) electrons. The number of sulfonamides is 1. The van der Waals surface area contributed by atoms with Crippen LogP contribution in [0.15, 0.2) is 71.6 Å². The number of aliphatic hydroxyl groups is 1.